The largest absolute Gasteiger partial charge is 0.368 e. The van der Waals surface area contributed by atoms with Gasteiger partial charge in [-0.2, -0.15) is 0 Å². The summed E-state index contributed by atoms with van der Waals surface area (Å²) in [5.74, 6) is -1.49. The third kappa shape index (κ3) is 4.78. The van der Waals surface area contributed by atoms with Crippen LogP contribution in [0.5, 0.6) is 0 Å². The lowest BCUT2D eigenvalue weighted by Crippen LogP contribution is -2.39. The molecular formula is C17H17ClFN3O2. The van der Waals surface area contributed by atoms with Gasteiger partial charge in [0.05, 0.1) is 6.54 Å². The van der Waals surface area contributed by atoms with E-state index in [-0.39, 0.29) is 12.5 Å². The third-order valence-electron chi connectivity index (χ3n) is 3.38. The van der Waals surface area contributed by atoms with Crippen molar-refractivity contribution in [1.29, 1.82) is 0 Å². The minimum atomic E-state index is -0.911. The van der Waals surface area contributed by atoms with E-state index in [1.165, 1.54) is 23.1 Å². The third-order valence-corrected chi connectivity index (χ3v) is 3.61. The number of amides is 2. The number of nitrogens with one attached hydrogen (secondary N) is 1. The summed E-state index contributed by atoms with van der Waals surface area (Å²) in [6.45, 7) is -0.101. The highest BCUT2D eigenvalue weighted by atomic mass is 35.5. The molecule has 0 aromatic heterocycles. The highest BCUT2D eigenvalue weighted by Crippen LogP contribution is 2.20. The molecule has 0 bridgehead atoms. The van der Waals surface area contributed by atoms with Crippen LogP contribution in [0, 0.1) is 5.82 Å². The number of halogens is 2. The molecule has 2 aromatic carbocycles. The molecule has 0 saturated carbocycles. The van der Waals surface area contributed by atoms with Gasteiger partial charge in [-0.3, -0.25) is 14.5 Å². The predicted molar refractivity (Wildman–Crippen MR) is 91.0 cm³/mol. The topological polar surface area (TPSA) is 75.4 Å². The number of benzene rings is 2. The fraction of sp³-hybridized carbons (Fsp3) is 0.176. The summed E-state index contributed by atoms with van der Waals surface area (Å²) in [4.78, 5) is 25.3. The Morgan fingerprint density at radius 2 is 1.96 bits per heavy atom. The number of nitrogens with zero attached hydrogens (tertiary/aromatic N) is 1. The normalized spacial score (nSPS) is 12.0. The Hall–Kier alpha value is -2.44. The van der Waals surface area contributed by atoms with Crippen molar-refractivity contribution in [1.82, 2.24) is 4.90 Å². The molecule has 2 rings (SSSR count). The molecule has 0 saturated heterocycles. The highest BCUT2D eigenvalue weighted by molar-refractivity contribution is 6.30. The van der Waals surface area contributed by atoms with Gasteiger partial charge in [-0.15, -0.1) is 0 Å². The standard InChI is InChI=1S/C17H17ClFN3O2/c1-22(10-15(23)21-14-7-3-5-12(18)9-14)16(17(20)24)11-4-2-6-13(19)8-11/h2-9,16H,10H2,1H3,(H2,20,24)(H,21,23)/t16-/m1/s1. The average Bonchev–Trinajstić information content (AvgIpc) is 2.46. The number of carbonyl (C=O) groups is 2. The van der Waals surface area contributed by atoms with E-state index in [4.69, 9.17) is 17.3 Å². The molecule has 2 aromatic rings. The lowest BCUT2D eigenvalue weighted by Gasteiger charge is -2.25. The molecule has 0 aliphatic carbocycles. The maximum atomic E-state index is 13.4. The Kier molecular flexibility index (Phi) is 5.89. The van der Waals surface area contributed by atoms with E-state index in [0.29, 0.717) is 16.3 Å². The molecule has 2 amide bonds. The maximum absolute atomic E-state index is 13.4. The van der Waals surface area contributed by atoms with Crippen molar-refractivity contribution in [3.63, 3.8) is 0 Å². The Morgan fingerprint density at radius 3 is 2.58 bits per heavy atom. The van der Waals surface area contributed by atoms with Gasteiger partial charge in [0.15, 0.2) is 0 Å². The molecule has 7 heteroatoms. The summed E-state index contributed by atoms with van der Waals surface area (Å²) < 4.78 is 13.4. The Morgan fingerprint density at radius 1 is 1.25 bits per heavy atom. The zero-order chi connectivity index (χ0) is 17.7. The van der Waals surface area contributed by atoms with Crippen molar-refractivity contribution in [2.75, 3.05) is 18.9 Å². The van der Waals surface area contributed by atoms with Crippen LogP contribution in [0.25, 0.3) is 0 Å². The first-order valence-electron chi connectivity index (χ1n) is 7.17. The van der Waals surface area contributed by atoms with Gasteiger partial charge in [-0.1, -0.05) is 29.8 Å². The minimum absolute atomic E-state index is 0.101. The molecule has 0 heterocycles. The molecule has 0 fully saturated rings. The zero-order valence-electron chi connectivity index (χ0n) is 13.0. The Labute approximate surface area is 144 Å². The van der Waals surface area contributed by atoms with Gasteiger partial charge in [0.25, 0.3) is 0 Å². The lowest BCUT2D eigenvalue weighted by molar-refractivity contribution is -0.124. The molecule has 0 spiro atoms. The van der Waals surface area contributed by atoms with Crippen LogP contribution in [-0.2, 0) is 9.59 Å². The minimum Gasteiger partial charge on any atom is -0.368 e. The van der Waals surface area contributed by atoms with Crippen molar-refractivity contribution in [3.8, 4) is 0 Å². The van der Waals surface area contributed by atoms with Gasteiger partial charge < -0.3 is 11.1 Å². The first-order valence-corrected chi connectivity index (χ1v) is 7.55. The zero-order valence-corrected chi connectivity index (χ0v) is 13.8. The van der Waals surface area contributed by atoms with Gasteiger partial charge in [-0.05, 0) is 42.9 Å². The van der Waals surface area contributed by atoms with Crippen LogP contribution in [0.4, 0.5) is 10.1 Å². The van der Waals surface area contributed by atoms with E-state index in [1.54, 1.807) is 37.4 Å². The lowest BCUT2D eigenvalue weighted by atomic mass is 10.0. The molecule has 0 aliphatic rings. The molecule has 3 N–H and O–H groups in total. The SMILES string of the molecule is CN(CC(=O)Nc1cccc(Cl)c1)[C@@H](C(N)=O)c1cccc(F)c1. The van der Waals surface area contributed by atoms with Crippen LogP contribution >= 0.6 is 11.6 Å². The fourth-order valence-corrected chi connectivity index (χ4v) is 2.59. The Bertz CT molecular complexity index is 754. The molecule has 0 radical (unpaired) electrons. The molecule has 24 heavy (non-hydrogen) atoms. The summed E-state index contributed by atoms with van der Waals surface area (Å²) in [6.07, 6.45) is 0. The number of nitrogens with two attached hydrogens (primary N) is 1. The molecule has 1 atom stereocenters. The van der Waals surface area contributed by atoms with Crippen LogP contribution in [0.15, 0.2) is 48.5 Å². The van der Waals surface area contributed by atoms with Crippen LogP contribution in [-0.4, -0.2) is 30.3 Å². The molecule has 126 valence electrons. The Balaban J connectivity index is 2.09. The second kappa shape index (κ2) is 7.90. The van der Waals surface area contributed by atoms with E-state index in [9.17, 15) is 14.0 Å². The highest BCUT2D eigenvalue weighted by Gasteiger charge is 2.24. The number of hydrogen-bond acceptors (Lipinski definition) is 3. The van der Waals surface area contributed by atoms with Gasteiger partial charge in [-0.25, -0.2) is 4.39 Å². The van der Waals surface area contributed by atoms with Crippen molar-refractivity contribution in [2.24, 2.45) is 5.73 Å². The van der Waals surface area contributed by atoms with Gasteiger partial charge in [0.1, 0.15) is 11.9 Å². The number of hydrogen-bond donors (Lipinski definition) is 2. The molecule has 5 nitrogen and oxygen atoms in total. The predicted octanol–water partition coefficient (Wildman–Crippen LogP) is 2.58. The number of primary amides is 1. The first-order chi connectivity index (χ1) is 11.4. The van der Waals surface area contributed by atoms with Crippen molar-refractivity contribution < 1.29 is 14.0 Å². The fourth-order valence-electron chi connectivity index (χ4n) is 2.40. The van der Waals surface area contributed by atoms with Crippen molar-refractivity contribution >= 4 is 29.1 Å². The number of carbonyl (C=O) groups excluding carboxylic acids is 2. The second-order valence-corrected chi connectivity index (χ2v) is 5.77. The summed E-state index contributed by atoms with van der Waals surface area (Å²) in [5.41, 5.74) is 6.35. The monoisotopic (exact) mass is 349 g/mol. The van der Waals surface area contributed by atoms with Crippen LogP contribution < -0.4 is 11.1 Å². The van der Waals surface area contributed by atoms with Gasteiger partial charge in [0, 0.05) is 10.7 Å². The van der Waals surface area contributed by atoms with Crippen LogP contribution in [0.3, 0.4) is 0 Å². The second-order valence-electron chi connectivity index (χ2n) is 5.33. The summed E-state index contributed by atoms with van der Waals surface area (Å²) in [5, 5.41) is 3.18. The van der Waals surface area contributed by atoms with Crippen molar-refractivity contribution in [3.05, 3.63) is 64.9 Å². The smallest absolute Gasteiger partial charge is 0.239 e. The van der Waals surface area contributed by atoms with E-state index < -0.39 is 17.8 Å². The maximum Gasteiger partial charge on any atom is 0.239 e. The summed E-state index contributed by atoms with van der Waals surface area (Å²) in [6, 6.07) is 11.4. The summed E-state index contributed by atoms with van der Waals surface area (Å²) >= 11 is 5.86. The van der Waals surface area contributed by atoms with Crippen molar-refractivity contribution in [2.45, 2.75) is 6.04 Å². The summed E-state index contributed by atoms with van der Waals surface area (Å²) in [7, 11) is 1.57. The molecular weight excluding hydrogens is 333 g/mol. The molecule has 0 unspecified atom stereocenters. The van der Waals surface area contributed by atoms with Crippen LogP contribution in [0.1, 0.15) is 11.6 Å². The average molecular weight is 350 g/mol. The number of anilines is 1. The van der Waals surface area contributed by atoms with E-state index in [0.717, 1.165) is 0 Å². The van der Waals surface area contributed by atoms with E-state index in [2.05, 4.69) is 5.32 Å². The first kappa shape index (κ1) is 17.9. The van der Waals surface area contributed by atoms with Crippen LogP contribution in [0.2, 0.25) is 5.02 Å². The number of rotatable bonds is 6. The van der Waals surface area contributed by atoms with E-state index in [1.807, 2.05) is 0 Å². The van der Waals surface area contributed by atoms with Gasteiger partial charge in [0.2, 0.25) is 11.8 Å². The van der Waals surface area contributed by atoms with E-state index >= 15 is 0 Å². The quantitative estimate of drug-likeness (QED) is 0.841. The van der Waals surface area contributed by atoms with Gasteiger partial charge >= 0.3 is 0 Å². The molecule has 0 aliphatic heterocycles. The number of likely N-dealkylation sites (N-methyl/N-ethyl adjacent to an activating group) is 1.